The number of thiazole rings is 1. The van der Waals surface area contributed by atoms with Crippen molar-refractivity contribution in [3.63, 3.8) is 0 Å². The third kappa shape index (κ3) is 3.85. The normalized spacial score (nSPS) is 12.9. The van der Waals surface area contributed by atoms with Gasteiger partial charge in [-0.3, -0.25) is 0 Å². The molecule has 1 heterocycles. The van der Waals surface area contributed by atoms with Crippen molar-refractivity contribution in [3.8, 4) is 0 Å². The maximum absolute atomic E-state index is 11.8. The SMILES string of the molecule is CC(C)(C)OC(=O)N[C@@H](C(=O)O)c1ccc2nc(N)sc2c1. The molecule has 8 heteroatoms. The molecule has 22 heavy (non-hydrogen) atoms. The Morgan fingerprint density at radius 2 is 2.09 bits per heavy atom. The number of aliphatic carboxylic acids is 1. The van der Waals surface area contributed by atoms with Gasteiger partial charge >= 0.3 is 12.1 Å². The Morgan fingerprint density at radius 3 is 2.68 bits per heavy atom. The van der Waals surface area contributed by atoms with Gasteiger partial charge in [-0.25, -0.2) is 14.6 Å². The highest BCUT2D eigenvalue weighted by Crippen LogP contribution is 2.27. The predicted molar refractivity (Wildman–Crippen MR) is 83.8 cm³/mol. The molecular weight excluding hydrogens is 306 g/mol. The molecule has 118 valence electrons. The topological polar surface area (TPSA) is 115 Å². The van der Waals surface area contributed by atoms with Crippen molar-refractivity contribution in [2.24, 2.45) is 0 Å². The van der Waals surface area contributed by atoms with Gasteiger partial charge in [-0.05, 0) is 38.5 Å². The van der Waals surface area contributed by atoms with Crippen LogP contribution in [-0.4, -0.2) is 27.8 Å². The molecule has 0 radical (unpaired) electrons. The molecule has 2 aromatic rings. The summed E-state index contributed by atoms with van der Waals surface area (Å²) in [6.45, 7) is 5.11. The molecule has 1 aromatic heterocycles. The van der Waals surface area contributed by atoms with E-state index < -0.39 is 23.7 Å². The molecule has 1 aromatic carbocycles. The third-order valence-corrected chi connectivity index (χ3v) is 3.52. The van der Waals surface area contributed by atoms with Gasteiger partial charge in [0.25, 0.3) is 0 Å². The number of anilines is 1. The number of ether oxygens (including phenoxy) is 1. The summed E-state index contributed by atoms with van der Waals surface area (Å²) < 4.78 is 5.85. The maximum atomic E-state index is 11.8. The first-order chi connectivity index (χ1) is 10.2. The van der Waals surface area contributed by atoms with Gasteiger partial charge in [-0.15, -0.1) is 0 Å². The molecule has 0 unspecified atom stereocenters. The smallest absolute Gasteiger partial charge is 0.408 e. The maximum Gasteiger partial charge on any atom is 0.408 e. The first kappa shape index (κ1) is 16.0. The number of nitrogens with one attached hydrogen (secondary N) is 1. The Kier molecular flexibility index (Phi) is 4.23. The minimum Gasteiger partial charge on any atom is -0.479 e. The summed E-state index contributed by atoms with van der Waals surface area (Å²) in [5.41, 5.74) is 6.04. The van der Waals surface area contributed by atoms with Crippen LogP contribution in [0.3, 0.4) is 0 Å². The Labute approximate surface area is 131 Å². The molecule has 0 saturated heterocycles. The fourth-order valence-electron chi connectivity index (χ4n) is 1.85. The van der Waals surface area contributed by atoms with Crippen LogP contribution in [0.4, 0.5) is 9.93 Å². The van der Waals surface area contributed by atoms with Gasteiger partial charge in [-0.2, -0.15) is 0 Å². The number of alkyl carbamates (subject to hydrolysis) is 1. The van der Waals surface area contributed by atoms with Crippen molar-refractivity contribution in [2.75, 3.05) is 5.73 Å². The summed E-state index contributed by atoms with van der Waals surface area (Å²) in [6.07, 6.45) is -0.788. The Bertz CT molecular complexity index is 720. The number of carboxylic acid groups (broad SMARTS) is 1. The van der Waals surface area contributed by atoms with Crippen molar-refractivity contribution in [1.82, 2.24) is 10.3 Å². The number of benzene rings is 1. The fourth-order valence-corrected chi connectivity index (χ4v) is 2.63. The molecule has 1 atom stereocenters. The largest absolute Gasteiger partial charge is 0.479 e. The predicted octanol–water partition coefficient (Wildman–Crippen LogP) is 2.53. The minimum atomic E-state index is -1.21. The van der Waals surface area contributed by atoms with Crippen molar-refractivity contribution >= 4 is 38.7 Å². The average molecular weight is 323 g/mol. The number of rotatable bonds is 3. The zero-order valence-corrected chi connectivity index (χ0v) is 13.2. The van der Waals surface area contributed by atoms with Crippen LogP contribution in [0.1, 0.15) is 32.4 Å². The Balaban J connectivity index is 2.26. The lowest BCUT2D eigenvalue weighted by Crippen LogP contribution is -2.38. The average Bonchev–Trinajstić information content (AvgIpc) is 2.72. The van der Waals surface area contributed by atoms with E-state index in [0.717, 1.165) is 4.70 Å². The van der Waals surface area contributed by atoms with Crippen molar-refractivity contribution < 1.29 is 19.4 Å². The number of nitrogen functional groups attached to an aromatic ring is 1. The van der Waals surface area contributed by atoms with E-state index in [1.165, 1.54) is 11.3 Å². The lowest BCUT2D eigenvalue weighted by molar-refractivity contribution is -0.139. The fraction of sp³-hybridized carbons (Fsp3) is 0.357. The highest BCUT2D eigenvalue weighted by atomic mass is 32.1. The van der Waals surface area contributed by atoms with Crippen LogP contribution >= 0.6 is 11.3 Å². The van der Waals surface area contributed by atoms with Crippen LogP contribution < -0.4 is 11.1 Å². The van der Waals surface area contributed by atoms with Gasteiger partial charge in [0, 0.05) is 0 Å². The quantitative estimate of drug-likeness (QED) is 0.799. The van der Waals surface area contributed by atoms with Crippen LogP contribution in [0, 0.1) is 0 Å². The van der Waals surface area contributed by atoms with Gasteiger partial charge in [-0.1, -0.05) is 17.4 Å². The number of carbonyl (C=O) groups is 2. The van der Waals surface area contributed by atoms with Gasteiger partial charge in [0.1, 0.15) is 5.60 Å². The number of carboxylic acids is 1. The van der Waals surface area contributed by atoms with Crippen molar-refractivity contribution in [3.05, 3.63) is 23.8 Å². The van der Waals surface area contributed by atoms with E-state index in [-0.39, 0.29) is 0 Å². The van der Waals surface area contributed by atoms with Crippen LogP contribution in [0.25, 0.3) is 10.2 Å². The molecular formula is C14H17N3O4S. The monoisotopic (exact) mass is 323 g/mol. The first-order valence-electron chi connectivity index (χ1n) is 6.54. The van der Waals surface area contributed by atoms with Gasteiger partial charge < -0.3 is 20.9 Å². The van der Waals surface area contributed by atoms with E-state index >= 15 is 0 Å². The van der Waals surface area contributed by atoms with Crippen LogP contribution in [0.5, 0.6) is 0 Å². The Hall–Kier alpha value is -2.35. The molecule has 2 rings (SSSR count). The third-order valence-electron chi connectivity index (χ3n) is 2.67. The van der Waals surface area contributed by atoms with Crippen LogP contribution in [0.2, 0.25) is 0 Å². The number of hydrogen-bond donors (Lipinski definition) is 3. The highest BCUT2D eigenvalue weighted by molar-refractivity contribution is 7.22. The van der Waals surface area contributed by atoms with Crippen LogP contribution in [-0.2, 0) is 9.53 Å². The zero-order chi connectivity index (χ0) is 16.5. The lowest BCUT2D eigenvalue weighted by Gasteiger charge is -2.22. The van der Waals surface area contributed by atoms with Crippen molar-refractivity contribution in [1.29, 1.82) is 0 Å². The second-order valence-corrected chi connectivity index (χ2v) is 6.76. The summed E-state index contributed by atoms with van der Waals surface area (Å²) in [6, 6.07) is 3.71. The number of nitrogens with zero attached hydrogens (tertiary/aromatic N) is 1. The summed E-state index contributed by atoms with van der Waals surface area (Å²) >= 11 is 1.25. The molecule has 7 nitrogen and oxygen atoms in total. The van der Waals surface area contributed by atoms with E-state index in [0.29, 0.717) is 16.2 Å². The lowest BCUT2D eigenvalue weighted by atomic mass is 10.1. The summed E-state index contributed by atoms with van der Waals surface area (Å²) in [4.78, 5) is 27.3. The molecule has 0 bridgehead atoms. The number of aromatic nitrogens is 1. The van der Waals surface area contributed by atoms with E-state index in [1.54, 1.807) is 39.0 Å². The molecule has 0 aliphatic heterocycles. The number of hydrogen-bond acceptors (Lipinski definition) is 6. The highest BCUT2D eigenvalue weighted by Gasteiger charge is 2.25. The second-order valence-electron chi connectivity index (χ2n) is 5.70. The van der Waals surface area contributed by atoms with E-state index in [2.05, 4.69) is 10.3 Å². The van der Waals surface area contributed by atoms with Gasteiger partial charge in [0.15, 0.2) is 11.2 Å². The van der Waals surface area contributed by atoms with Gasteiger partial charge in [0.2, 0.25) is 0 Å². The summed E-state index contributed by atoms with van der Waals surface area (Å²) in [5.74, 6) is -1.18. The van der Waals surface area contributed by atoms with Crippen LogP contribution in [0.15, 0.2) is 18.2 Å². The van der Waals surface area contributed by atoms with Gasteiger partial charge in [0.05, 0.1) is 10.2 Å². The number of amides is 1. The molecule has 4 N–H and O–H groups in total. The summed E-state index contributed by atoms with van der Waals surface area (Å²) in [5, 5.41) is 12.1. The number of nitrogens with two attached hydrogens (primary N) is 1. The number of carbonyl (C=O) groups excluding carboxylic acids is 1. The van der Waals surface area contributed by atoms with E-state index in [9.17, 15) is 14.7 Å². The summed E-state index contributed by atoms with van der Waals surface area (Å²) in [7, 11) is 0. The molecule has 0 fully saturated rings. The zero-order valence-electron chi connectivity index (χ0n) is 12.4. The first-order valence-corrected chi connectivity index (χ1v) is 7.35. The second kappa shape index (κ2) is 5.80. The standard InChI is InChI=1S/C14H17N3O4S/c1-14(2,3)21-13(20)17-10(11(18)19)7-4-5-8-9(6-7)22-12(15)16-8/h4-6,10H,1-3H3,(H2,15,16)(H,17,20)(H,18,19)/t10-/m1/s1. The molecule has 0 aliphatic rings. The minimum absolute atomic E-state index is 0.402. The molecule has 0 spiro atoms. The molecule has 0 aliphatic carbocycles. The van der Waals surface area contributed by atoms with E-state index in [4.69, 9.17) is 10.5 Å². The van der Waals surface area contributed by atoms with Crippen molar-refractivity contribution in [2.45, 2.75) is 32.4 Å². The van der Waals surface area contributed by atoms with E-state index in [1.807, 2.05) is 0 Å². The number of fused-ring (bicyclic) bond motifs is 1. The molecule has 1 amide bonds. The molecule has 0 saturated carbocycles. The Morgan fingerprint density at radius 1 is 1.41 bits per heavy atom.